The molecule has 0 spiro atoms. The summed E-state index contributed by atoms with van der Waals surface area (Å²) in [6, 6.07) is 6.25. The smallest absolute Gasteiger partial charge is 0.293 e. The molecular weight excluding hydrogens is 248 g/mol. The molecule has 1 aromatic carbocycles. The minimum Gasteiger partial charge on any atom is -0.377 e. The van der Waals surface area contributed by atoms with Crippen LogP contribution in [0.1, 0.15) is 5.56 Å². The third-order valence-corrected chi connectivity index (χ3v) is 2.85. The number of anilines is 1. The van der Waals surface area contributed by atoms with Gasteiger partial charge in [-0.2, -0.15) is 5.26 Å². The molecule has 1 saturated heterocycles. The van der Waals surface area contributed by atoms with Crippen molar-refractivity contribution in [2.24, 2.45) is 0 Å². The second-order valence-electron chi connectivity index (χ2n) is 4.18. The summed E-state index contributed by atoms with van der Waals surface area (Å²) in [6.45, 7) is 2.67. The number of nitrogens with zero attached hydrogens (tertiary/aromatic N) is 2. The maximum Gasteiger partial charge on any atom is 0.293 e. The lowest BCUT2D eigenvalue weighted by molar-refractivity contribution is -0.384. The second-order valence-corrected chi connectivity index (χ2v) is 4.18. The Morgan fingerprint density at radius 1 is 1.63 bits per heavy atom. The predicted molar refractivity (Wildman–Crippen MR) is 68.9 cm³/mol. The molecule has 1 aliphatic rings. The summed E-state index contributed by atoms with van der Waals surface area (Å²) in [7, 11) is 0. The number of hydrogen-bond acceptors (Lipinski definition) is 6. The largest absolute Gasteiger partial charge is 0.377 e. The molecule has 2 N–H and O–H groups in total. The molecule has 7 heteroatoms. The van der Waals surface area contributed by atoms with E-state index in [-0.39, 0.29) is 17.4 Å². The van der Waals surface area contributed by atoms with Crippen LogP contribution in [0.15, 0.2) is 18.2 Å². The molecule has 0 amide bonds. The number of hydrogen-bond donors (Lipinski definition) is 2. The third kappa shape index (κ3) is 3.40. The Morgan fingerprint density at radius 2 is 2.47 bits per heavy atom. The number of nitrogens with one attached hydrogen (secondary N) is 2. The summed E-state index contributed by atoms with van der Waals surface area (Å²) in [5, 5.41) is 25.9. The van der Waals surface area contributed by atoms with E-state index in [4.69, 9.17) is 10.00 Å². The van der Waals surface area contributed by atoms with Crippen molar-refractivity contribution >= 4 is 11.4 Å². The van der Waals surface area contributed by atoms with Crippen LogP contribution in [0.3, 0.4) is 0 Å². The van der Waals surface area contributed by atoms with Crippen LogP contribution in [0.25, 0.3) is 0 Å². The topological polar surface area (TPSA) is 100 Å². The fourth-order valence-corrected chi connectivity index (χ4v) is 1.88. The van der Waals surface area contributed by atoms with Gasteiger partial charge in [-0.25, -0.2) is 0 Å². The Labute approximate surface area is 110 Å². The summed E-state index contributed by atoms with van der Waals surface area (Å²) >= 11 is 0. The summed E-state index contributed by atoms with van der Waals surface area (Å²) in [4.78, 5) is 10.5. The first kappa shape index (κ1) is 13.3. The summed E-state index contributed by atoms with van der Waals surface area (Å²) in [5.74, 6) is 0. The number of benzene rings is 1. The van der Waals surface area contributed by atoms with Crippen LogP contribution in [-0.4, -0.2) is 37.3 Å². The van der Waals surface area contributed by atoms with Crippen molar-refractivity contribution in [3.63, 3.8) is 0 Å². The molecular formula is C12H14N4O3. The van der Waals surface area contributed by atoms with Gasteiger partial charge in [0, 0.05) is 25.7 Å². The minimum atomic E-state index is -0.497. The Bertz CT molecular complexity index is 506. The number of nitriles is 1. The van der Waals surface area contributed by atoms with Crippen molar-refractivity contribution in [2.75, 3.05) is 31.6 Å². The normalized spacial score (nSPS) is 18.6. The Morgan fingerprint density at radius 3 is 3.11 bits per heavy atom. The van der Waals surface area contributed by atoms with E-state index < -0.39 is 4.92 Å². The van der Waals surface area contributed by atoms with Gasteiger partial charge in [0.1, 0.15) is 5.69 Å². The van der Waals surface area contributed by atoms with Crippen LogP contribution < -0.4 is 10.6 Å². The van der Waals surface area contributed by atoms with Crippen molar-refractivity contribution in [3.8, 4) is 6.07 Å². The minimum absolute atomic E-state index is 0.0102. The van der Waals surface area contributed by atoms with Crippen molar-refractivity contribution in [1.82, 2.24) is 5.32 Å². The number of rotatable bonds is 4. The zero-order chi connectivity index (χ0) is 13.7. The molecule has 0 bridgehead atoms. The predicted octanol–water partition coefficient (Wildman–Crippen LogP) is 0.867. The van der Waals surface area contributed by atoms with Gasteiger partial charge in [-0.05, 0) is 12.1 Å². The molecule has 1 aliphatic heterocycles. The molecule has 7 nitrogen and oxygen atoms in total. The zero-order valence-electron chi connectivity index (χ0n) is 10.3. The van der Waals surface area contributed by atoms with E-state index in [1.807, 2.05) is 6.07 Å². The average Bonchev–Trinajstić information content (AvgIpc) is 2.46. The van der Waals surface area contributed by atoms with Gasteiger partial charge in [0.05, 0.1) is 29.3 Å². The van der Waals surface area contributed by atoms with Crippen molar-refractivity contribution in [2.45, 2.75) is 6.10 Å². The highest BCUT2D eigenvalue weighted by Crippen LogP contribution is 2.25. The van der Waals surface area contributed by atoms with E-state index in [0.717, 1.165) is 13.1 Å². The van der Waals surface area contributed by atoms with Gasteiger partial charge in [0.2, 0.25) is 0 Å². The molecule has 0 aliphatic carbocycles. The first-order chi connectivity index (χ1) is 9.20. The van der Waals surface area contributed by atoms with Crippen LogP contribution in [0, 0.1) is 21.4 Å². The molecule has 1 unspecified atom stereocenters. The Kier molecular flexibility index (Phi) is 4.28. The second kappa shape index (κ2) is 6.13. The number of nitro benzene ring substituents is 1. The highest BCUT2D eigenvalue weighted by Gasteiger charge is 2.17. The van der Waals surface area contributed by atoms with Crippen molar-refractivity contribution < 1.29 is 9.66 Å². The Balaban J connectivity index is 2.06. The quantitative estimate of drug-likeness (QED) is 0.616. The molecule has 19 heavy (non-hydrogen) atoms. The molecule has 1 aromatic rings. The van der Waals surface area contributed by atoms with Crippen molar-refractivity contribution in [3.05, 3.63) is 33.9 Å². The lowest BCUT2D eigenvalue weighted by Gasteiger charge is -2.24. The highest BCUT2D eigenvalue weighted by atomic mass is 16.6. The third-order valence-electron chi connectivity index (χ3n) is 2.85. The van der Waals surface area contributed by atoms with Gasteiger partial charge >= 0.3 is 0 Å². The molecule has 100 valence electrons. The van der Waals surface area contributed by atoms with Gasteiger partial charge in [-0.15, -0.1) is 0 Å². The molecule has 2 rings (SSSR count). The maximum absolute atomic E-state index is 11.0. The fraction of sp³-hybridized carbons (Fsp3) is 0.417. The molecule has 1 atom stereocenters. The maximum atomic E-state index is 11.0. The summed E-state index contributed by atoms with van der Waals surface area (Å²) in [6.07, 6.45) is -0.0102. The average molecular weight is 262 g/mol. The Hall–Kier alpha value is -2.17. The first-order valence-electron chi connectivity index (χ1n) is 5.95. The van der Waals surface area contributed by atoms with Gasteiger partial charge in [-0.1, -0.05) is 0 Å². The van der Waals surface area contributed by atoms with E-state index in [2.05, 4.69) is 10.6 Å². The number of ether oxygens (including phenoxy) is 1. The molecule has 1 heterocycles. The standard InChI is InChI=1S/C12H14N4O3/c13-6-9-1-2-11(12(5-9)16(17)18)15-8-10-7-14-3-4-19-10/h1-2,5,10,14-15H,3-4,7-8H2. The van der Waals surface area contributed by atoms with Crippen LogP contribution in [-0.2, 0) is 4.74 Å². The molecule has 0 radical (unpaired) electrons. The van der Waals surface area contributed by atoms with Gasteiger partial charge in [0.15, 0.2) is 0 Å². The fourth-order valence-electron chi connectivity index (χ4n) is 1.88. The lowest BCUT2D eigenvalue weighted by atomic mass is 10.2. The van der Waals surface area contributed by atoms with Crippen molar-refractivity contribution in [1.29, 1.82) is 5.26 Å². The van der Waals surface area contributed by atoms with Crippen LogP contribution in [0.2, 0.25) is 0 Å². The van der Waals surface area contributed by atoms with Gasteiger partial charge in [-0.3, -0.25) is 10.1 Å². The lowest BCUT2D eigenvalue weighted by Crippen LogP contribution is -2.42. The van der Waals surface area contributed by atoms with E-state index in [9.17, 15) is 10.1 Å². The van der Waals surface area contributed by atoms with E-state index in [0.29, 0.717) is 18.8 Å². The van der Waals surface area contributed by atoms with E-state index >= 15 is 0 Å². The van der Waals surface area contributed by atoms with Crippen LogP contribution in [0.4, 0.5) is 11.4 Å². The zero-order valence-corrected chi connectivity index (χ0v) is 10.3. The van der Waals surface area contributed by atoms with E-state index in [1.165, 1.54) is 6.07 Å². The van der Waals surface area contributed by atoms with Crippen LogP contribution >= 0.6 is 0 Å². The molecule has 1 fully saturated rings. The number of nitro groups is 1. The van der Waals surface area contributed by atoms with Crippen LogP contribution in [0.5, 0.6) is 0 Å². The molecule has 0 saturated carbocycles. The van der Waals surface area contributed by atoms with Gasteiger partial charge in [0.25, 0.3) is 5.69 Å². The monoisotopic (exact) mass is 262 g/mol. The number of morpholine rings is 1. The van der Waals surface area contributed by atoms with Gasteiger partial charge < -0.3 is 15.4 Å². The summed E-state index contributed by atoms with van der Waals surface area (Å²) in [5.41, 5.74) is 0.578. The first-order valence-corrected chi connectivity index (χ1v) is 5.95. The highest BCUT2D eigenvalue weighted by molar-refractivity contribution is 5.64. The SMILES string of the molecule is N#Cc1ccc(NCC2CNCCO2)c([N+](=O)[O-])c1. The molecule has 0 aromatic heterocycles. The summed E-state index contributed by atoms with van der Waals surface area (Å²) < 4.78 is 5.50. The van der Waals surface area contributed by atoms with E-state index in [1.54, 1.807) is 12.1 Å².